The van der Waals surface area contributed by atoms with Gasteiger partial charge < -0.3 is 4.79 Å². The summed E-state index contributed by atoms with van der Waals surface area (Å²) in [5.74, 6) is 0. The Morgan fingerprint density at radius 1 is 1.20 bits per heavy atom. The fourth-order valence-electron chi connectivity index (χ4n) is 1.27. The van der Waals surface area contributed by atoms with Crippen molar-refractivity contribution in [1.29, 1.82) is 0 Å². The van der Waals surface area contributed by atoms with E-state index in [2.05, 4.69) is 37.1 Å². The van der Waals surface area contributed by atoms with Gasteiger partial charge in [0, 0.05) is 10.1 Å². The van der Waals surface area contributed by atoms with Crippen LogP contribution in [0, 0.1) is 5.41 Å². The Morgan fingerprint density at radius 2 is 1.50 bits per heavy atom. The highest BCUT2D eigenvalue weighted by atomic mass is 27.0. The lowest BCUT2D eigenvalue weighted by Crippen LogP contribution is -2.29. The Hall–Kier alpha value is 0.202. The van der Waals surface area contributed by atoms with Crippen LogP contribution in [0.2, 0.25) is 0 Å². The van der Waals surface area contributed by atoms with E-state index < -0.39 is 0 Å². The number of carbonyl (C=O) groups excluding carboxylic acids is 1. The van der Waals surface area contributed by atoms with Crippen molar-refractivity contribution in [1.82, 2.24) is 0 Å². The zero-order chi connectivity index (χ0) is 8.20. The molecule has 0 spiro atoms. The summed E-state index contributed by atoms with van der Waals surface area (Å²) >= 11 is 2.30. The van der Waals surface area contributed by atoms with Crippen molar-refractivity contribution in [2.24, 2.45) is 5.41 Å². The highest BCUT2D eigenvalue weighted by Gasteiger charge is 2.26. The molecule has 1 nitrogen and oxygen atoms in total. The van der Waals surface area contributed by atoms with Crippen LogP contribution in [0.25, 0.3) is 0 Å². The lowest BCUT2D eigenvalue weighted by atomic mass is 9.81. The second kappa shape index (κ2) is 4.16. The molecule has 0 aromatic heterocycles. The highest BCUT2D eigenvalue weighted by Crippen LogP contribution is 2.29. The molecule has 0 aromatic rings. The van der Waals surface area contributed by atoms with Crippen molar-refractivity contribution in [3.63, 3.8) is 0 Å². The molecule has 0 amide bonds. The second-order valence-electron chi connectivity index (χ2n) is 2.71. The van der Waals surface area contributed by atoms with Gasteiger partial charge in [-0.15, -0.1) is 0 Å². The zero-order valence-electron chi connectivity index (χ0n) is 7.11. The van der Waals surface area contributed by atoms with Gasteiger partial charge in [0.1, 0.15) is 0 Å². The van der Waals surface area contributed by atoms with Gasteiger partial charge in [-0.2, -0.15) is 0 Å². The summed E-state index contributed by atoms with van der Waals surface area (Å²) in [6.45, 7) is 6.24. The molecule has 0 rings (SSSR count). The minimum Gasteiger partial charge on any atom is -0.323 e. The first-order chi connectivity index (χ1) is 4.63. The van der Waals surface area contributed by atoms with Crippen LogP contribution >= 0.6 is 0 Å². The van der Waals surface area contributed by atoms with E-state index in [-0.39, 0.29) is 10.1 Å². The van der Waals surface area contributed by atoms with Crippen LogP contribution in [0.5, 0.6) is 0 Å². The summed E-state index contributed by atoms with van der Waals surface area (Å²) in [6, 6.07) is 0. The van der Waals surface area contributed by atoms with Gasteiger partial charge in [-0.25, -0.2) is 0 Å². The number of hydrogen-bond acceptors (Lipinski definition) is 1. The van der Waals surface area contributed by atoms with Crippen LogP contribution in [-0.2, 0) is 4.79 Å². The largest absolute Gasteiger partial charge is 0.323 e. The molecule has 0 aliphatic carbocycles. The molecule has 2 radical (unpaired) electrons. The Kier molecular flexibility index (Phi) is 4.24. The first kappa shape index (κ1) is 10.2. The summed E-state index contributed by atoms with van der Waals surface area (Å²) in [6.07, 6.45) is 2.88. The van der Waals surface area contributed by atoms with Gasteiger partial charge in [0.15, 0.2) is 0 Å². The summed E-state index contributed by atoms with van der Waals surface area (Å²) in [5, 5.41) is 0. The quantitative estimate of drug-likeness (QED) is 0.565. The SMILES string of the molecule is CCC(CC)(CC)[C](=O)[Al]. The molecule has 56 valence electrons. The molecule has 0 aliphatic heterocycles. The molecule has 0 saturated carbocycles. The van der Waals surface area contributed by atoms with E-state index >= 15 is 0 Å². The molecule has 0 bridgehead atoms. The van der Waals surface area contributed by atoms with Crippen LogP contribution in [0.15, 0.2) is 0 Å². The molecule has 0 heterocycles. The predicted octanol–water partition coefficient (Wildman–Crippen LogP) is 1.90. The van der Waals surface area contributed by atoms with E-state index in [4.69, 9.17) is 0 Å². The molecule has 0 atom stereocenters. The minimum absolute atomic E-state index is 0.0509. The lowest BCUT2D eigenvalue weighted by Gasteiger charge is -2.28. The number of carbonyl (C=O) groups is 1. The van der Waals surface area contributed by atoms with E-state index in [1.807, 2.05) is 0 Å². The molecule has 2 heteroatoms. The summed E-state index contributed by atoms with van der Waals surface area (Å²) in [5.41, 5.74) is -0.0509. The third-order valence-corrected chi connectivity index (χ3v) is 3.17. The Bertz CT molecular complexity index is 108. The third kappa shape index (κ3) is 1.84. The van der Waals surface area contributed by atoms with Crippen LogP contribution in [0.3, 0.4) is 0 Å². The third-order valence-electron chi connectivity index (χ3n) is 2.55. The zero-order valence-corrected chi connectivity index (χ0v) is 8.26. The van der Waals surface area contributed by atoms with Gasteiger partial charge >= 0.3 is 0 Å². The van der Waals surface area contributed by atoms with Crippen molar-refractivity contribution in [3.8, 4) is 0 Å². The maximum atomic E-state index is 11.1. The minimum atomic E-state index is -0.0509. The van der Waals surface area contributed by atoms with Crippen LogP contribution in [-0.4, -0.2) is 20.9 Å². The van der Waals surface area contributed by atoms with Crippen molar-refractivity contribution in [2.45, 2.75) is 40.0 Å². The second-order valence-corrected chi connectivity index (χ2v) is 3.23. The van der Waals surface area contributed by atoms with Crippen molar-refractivity contribution in [2.75, 3.05) is 0 Å². The van der Waals surface area contributed by atoms with Gasteiger partial charge in [-0.05, 0) is 19.3 Å². The van der Waals surface area contributed by atoms with Crippen molar-refractivity contribution >= 4 is 20.9 Å². The predicted molar refractivity (Wildman–Crippen MR) is 44.1 cm³/mol. The van der Waals surface area contributed by atoms with Gasteiger partial charge in [0.05, 0.1) is 0 Å². The van der Waals surface area contributed by atoms with E-state index in [0.29, 0.717) is 0 Å². The van der Waals surface area contributed by atoms with E-state index in [0.717, 1.165) is 19.3 Å². The molecule has 0 aliphatic rings. The topological polar surface area (TPSA) is 17.1 Å². The van der Waals surface area contributed by atoms with Gasteiger partial charge in [0.25, 0.3) is 0 Å². The Morgan fingerprint density at radius 3 is 1.50 bits per heavy atom. The van der Waals surface area contributed by atoms with E-state index in [1.165, 1.54) is 0 Å². The van der Waals surface area contributed by atoms with Crippen LogP contribution in [0.1, 0.15) is 40.0 Å². The molecular formula is C8H15AlO. The van der Waals surface area contributed by atoms with Crippen LogP contribution in [0.4, 0.5) is 0 Å². The summed E-state index contributed by atoms with van der Waals surface area (Å²) in [7, 11) is 0. The molecule has 0 saturated heterocycles. The number of hydrogen-bond donors (Lipinski definition) is 0. The van der Waals surface area contributed by atoms with Crippen LogP contribution < -0.4 is 0 Å². The fourth-order valence-corrected chi connectivity index (χ4v) is 1.89. The average molecular weight is 154 g/mol. The summed E-state index contributed by atoms with van der Waals surface area (Å²) in [4.78, 5) is 11.1. The maximum Gasteiger partial charge on any atom is 0.242 e. The molecule has 10 heavy (non-hydrogen) atoms. The average Bonchev–Trinajstić information content (AvgIpc) is 1.92. The van der Waals surface area contributed by atoms with Crippen molar-refractivity contribution in [3.05, 3.63) is 0 Å². The first-order valence-corrected chi connectivity index (χ1v) is 4.50. The monoisotopic (exact) mass is 154 g/mol. The Balaban J connectivity index is 4.31. The van der Waals surface area contributed by atoms with Gasteiger partial charge in [-0.3, -0.25) is 0 Å². The van der Waals surface area contributed by atoms with Crippen molar-refractivity contribution < 1.29 is 4.79 Å². The van der Waals surface area contributed by atoms with E-state index in [1.54, 1.807) is 0 Å². The molecule has 0 N–H and O–H groups in total. The number of rotatable bonds is 4. The summed E-state index contributed by atoms with van der Waals surface area (Å²) < 4.78 is 0.264. The first-order valence-electron chi connectivity index (χ1n) is 3.92. The lowest BCUT2D eigenvalue weighted by molar-refractivity contribution is -0.121. The highest BCUT2D eigenvalue weighted by molar-refractivity contribution is 6.59. The fraction of sp³-hybridized carbons (Fsp3) is 0.875. The molecular weight excluding hydrogens is 139 g/mol. The van der Waals surface area contributed by atoms with E-state index in [9.17, 15) is 4.79 Å². The molecule has 0 aromatic carbocycles. The smallest absolute Gasteiger partial charge is 0.242 e. The standard InChI is InChI=1S/C8H15O.Al/c1-4-8(5-2,6-3)7-9;/h4-6H2,1-3H3;. The normalized spacial score (nSPS) is 11.5. The molecule has 0 fully saturated rings. The maximum absolute atomic E-state index is 11.1. The Labute approximate surface area is 71.6 Å². The molecule has 0 unspecified atom stereocenters. The van der Waals surface area contributed by atoms with Gasteiger partial charge in [-0.1, -0.05) is 20.8 Å². The van der Waals surface area contributed by atoms with Gasteiger partial charge in [0.2, 0.25) is 16.3 Å².